The molecule has 1 amide bonds. The Morgan fingerprint density at radius 1 is 1.44 bits per heavy atom. The largest absolute Gasteiger partial charge is 0.348 e. The van der Waals surface area contributed by atoms with Gasteiger partial charge in [-0.3, -0.25) is 9.36 Å². The van der Waals surface area contributed by atoms with Gasteiger partial charge in [-0.15, -0.1) is 11.7 Å². The van der Waals surface area contributed by atoms with Gasteiger partial charge in [0.05, 0.1) is 7.05 Å². The van der Waals surface area contributed by atoms with E-state index in [9.17, 15) is 4.79 Å². The number of benzene rings is 1. The lowest BCUT2D eigenvalue weighted by Gasteiger charge is -2.13. The molecule has 1 atom stereocenters. The maximum Gasteiger partial charge on any atom is 0.275 e. The molecule has 1 aromatic carbocycles. The number of nitrogens with zero attached hydrogens (tertiary/aromatic N) is 3. The first-order chi connectivity index (χ1) is 12.1. The molecule has 0 spiro atoms. The van der Waals surface area contributed by atoms with Crippen molar-refractivity contribution < 1.29 is 9.69 Å². The van der Waals surface area contributed by atoms with Crippen LogP contribution in [0.15, 0.2) is 43.0 Å². The lowest BCUT2D eigenvalue weighted by Crippen LogP contribution is -3.09. The van der Waals surface area contributed by atoms with Crippen LogP contribution in [0.25, 0.3) is 11.4 Å². The van der Waals surface area contributed by atoms with E-state index >= 15 is 0 Å². The quantitative estimate of drug-likeness (QED) is 0.547. The zero-order valence-corrected chi connectivity index (χ0v) is 15.3. The summed E-state index contributed by atoms with van der Waals surface area (Å²) in [5, 5.41) is 7.71. The normalized spacial score (nSPS) is 14.9. The minimum atomic E-state index is 0.0836. The van der Waals surface area contributed by atoms with E-state index in [1.165, 1.54) is 0 Å². The van der Waals surface area contributed by atoms with Crippen LogP contribution in [0.4, 0.5) is 0 Å². The lowest BCUT2D eigenvalue weighted by molar-refractivity contribution is -0.895. The van der Waals surface area contributed by atoms with Crippen molar-refractivity contribution in [2.24, 2.45) is 0 Å². The molecule has 132 valence electrons. The van der Waals surface area contributed by atoms with Gasteiger partial charge in [-0.25, -0.2) is 0 Å². The highest BCUT2D eigenvalue weighted by Gasteiger charge is 2.24. The predicted octanol–water partition coefficient (Wildman–Crippen LogP) is 1.02. The third-order valence-electron chi connectivity index (χ3n) is 4.09. The van der Waals surface area contributed by atoms with E-state index in [0.29, 0.717) is 30.6 Å². The minimum Gasteiger partial charge on any atom is -0.348 e. The van der Waals surface area contributed by atoms with Crippen LogP contribution >= 0.6 is 12.2 Å². The Morgan fingerprint density at radius 2 is 2.16 bits per heavy atom. The number of carbonyl (C=O) groups excluding carboxylic acids is 1. The zero-order valence-electron chi connectivity index (χ0n) is 14.4. The monoisotopic (exact) mass is 358 g/mol. The van der Waals surface area contributed by atoms with Gasteiger partial charge in [-0.2, -0.15) is 4.68 Å². The number of quaternary nitrogens is 1. The first kappa shape index (κ1) is 17.6. The summed E-state index contributed by atoms with van der Waals surface area (Å²) >= 11 is 5.59. The van der Waals surface area contributed by atoms with E-state index in [1.54, 1.807) is 4.68 Å². The van der Waals surface area contributed by atoms with Gasteiger partial charge >= 0.3 is 0 Å². The molecule has 2 N–H and O–H groups in total. The fourth-order valence-corrected chi connectivity index (χ4v) is 3.00. The topological polar surface area (TPSA) is 56.3 Å². The number of likely N-dealkylation sites (N-methyl/N-ethyl adjacent to an activating group) is 1. The number of aromatic nitrogens is 3. The standard InChI is InChI=1S/C18H23N5OS/c1-3-11-22-17(14-7-5-4-6-8-14)20-23(18(22)25)13-21(2)12-16(24)19-15-9-10-15/h3-8,15H,1,9-13H2,2H3,(H,19,24)/p+1. The highest BCUT2D eigenvalue weighted by atomic mass is 32.1. The van der Waals surface area contributed by atoms with Gasteiger partial charge in [0.1, 0.15) is 0 Å². The van der Waals surface area contributed by atoms with Crippen molar-refractivity contribution in [1.82, 2.24) is 19.7 Å². The number of allylic oxidation sites excluding steroid dienone is 1. The highest BCUT2D eigenvalue weighted by molar-refractivity contribution is 7.71. The average Bonchev–Trinajstić information content (AvgIpc) is 3.35. The van der Waals surface area contributed by atoms with Gasteiger partial charge < -0.3 is 10.2 Å². The smallest absolute Gasteiger partial charge is 0.275 e. The summed E-state index contributed by atoms with van der Waals surface area (Å²) < 4.78 is 4.40. The van der Waals surface area contributed by atoms with Crippen molar-refractivity contribution in [2.75, 3.05) is 13.6 Å². The van der Waals surface area contributed by atoms with Crippen LogP contribution in [-0.2, 0) is 18.0 Å². The Labute approximate surface area is 152 Å². The number of nitrogens with one attached hydrogen (secondary N) is 2. The number of carbonyl (C=O) groups is 1. The van der Waals surface area contributed by atoms with E-state index < -0.39 is 0 Å². The third kappa shape index (κ3) is 4.43. The molecule has 0 bridgehead atoms. The first-order valence-electron chi connectivity index (χ1n) is 8.53. The van der Waals surface area contributed by atoms with Crippen molar-refractivity contribution in [3.8, 4) is 11.4 Å². The molecule has 1 saturated carbocycles. The van der Waals surface area contributed by atoms with Gasteiger partial charge in [0.25, 0.3) is 5.91 Å². The van der Waals surface area contributed by atoms with Crippen LogP contribution in [0.1, 0.15) is 12.8 Å². The molecule has 2 aromatic rings. The summed E-state index contributed by atoms with van der Waals surface area (Å²) in [5.41, 5.74) is 1.01. The number of amides is 1. The molecule has 6 nitrogen and oxygen atoms in total. The van der Waals surface area contributed by atoms with Crippen molar-refractivity contribution in [3.63, 3.8) is 0 Å². The molecule has 1 unspecified atom stereocenters. The molecule has 0 aliphatic heterocycles. The van der Waals surface area contributed by atoms with Gasteiger partial charge in [0.2, 0.25) is 4.77 Å². The van der Waals surface area contributed by atoms with Crippen molar-refractivity contribution in [1.29, 1.82) is 0 Å². The van der Waals surface area contributed by atoms with E-state index in [-0.39, 0.29) is 5.91 Å². The second kappa shape index (κ2) is 7.76. The summed E-state index contributed by atoms with van der Waals surface area (Å²) in [6.45, 7) is 5.37. The van der Waals surface area contributed by atoms with Crippen LogP contribution in [0.5, 0.6) is 0 Å². The maximum absolute atomic E-state index is 12.0. The number of hydrogen-bond donors (Lipinski definition) is 2. The molecule has 3 rings (SSSR count). The summed E-state index contributed by atoms with van der Waals surface area (Å²) in [7, 11) is 1.98. The summed E-state index contributed by atoms with van der Waals surface area (Å²) in [6.07, 6.45) is 4.01. The maximum atomic E-state index is 12.0. The number of hydrogen-bond acceptors (Lipinski definition) is 3. The fraction of sp³-hybridized carbons (Fsp3) is 0.389. The molecule has 25 heavy (non-hydrogen) atoms. The van der Waals surface area contributed by atoms with Crippen molar-refractivity contribution in [3.05, 3.63) is 47.8 Å². The molecule has 1 aliphatic rings. The predicted molar refractivity (Wildman–Crippen MR) is 99.6 cm³/mol. The van der Waals surface area contributed by atoms with Gasteiger partial charge in [-0.05, 0) is 25.1 Å². The van der Waals surface area contributed by atoms with E-state index in [4.69, 9.17) is 17.3 Å². The van der Waals surface area contributed by atoms with Crippen LogP contribution in [-0.4, -0.2) is 39.9 Å². The van der Waals surface area contributed by atoms with E-state index in [2.05, 4.69) is 11.9 Å². The van der Waals surface area contributed by atoms with Crippen LogP contribution in [0.3, 0.4) is 0 Å². The fourth-order valence-electron chi connectivity index (χ4n) is 2.73. The number of rotatable bonds is 8. The minimum absolute atomic E-state index is 0.0836. The highest BCUT2D eigenvalue weighted by Crippen LogP contribution is 2.18. The van der Waals surface area contributed by atoms with E-state index in [0.717, 1.165) is 29.1 Å². The molecule has 1 aromatic heterocycles. The Hall–Kier alpha value is -2.25. The second-order valence-electron chi connectivity index (χ2n) is 6.50. The van der Waals surface area contributed by atoms with Gasteiger partial charge in [-0.1, -0.05) is 36.4 Å². The lowest BCUT2D eigenvalue weighted by atomic mass is 10.2. The Morgan fingerprint density at radius 3 is 2.80 bits per heavy atom. The molecule has 0 saturated heterocycles. The van der Waals surface area contributed by atoms with Gasteiger partial charge in [0.15, 0.2) is 19.0 Å². The first-order valence-corrected chi connectivity index (χ1v) is 8.94. The Bertz CT molecular complexity index is 807. The van der Waals surface area contributed by atoms with Crippen LogP contribution in [0, 0.1) is 4.77 Å². The average molecular weight is 358 g/mol. The van der Waals surface area contributed by atoms with Crippen LogP contribution < -0.4 is 10.2 Å². The molecular formula is C18H24N5OS+. The zero-order chi connectivity index (χ0) is 17.8. The summed E-state index contributed by atoms with van der Waals surface area (Å²) in [6, 6.07) is 10.4. The summed E-state index contributed by atoms with van der Waals surface area (Å²) in [5.74, 6) is 0.904. The molecule has 0 radical (unpaired) electrons. The molecule has 1 heterocycles. The van der Waals surface area contributed by atoms with Crippen molar-refractivity contribution >= 4 is 18.1 Å². The summed E-state index contributed by atoms with van der Waals surface area (Å²) in [4.78, 5) is 13.0. The van der Waals surface area contributed by atoms with Crippen molar-refractivity contribution in [2.45, 2.75) is 32.1 Å². The molecule has 1 aliphatic carbocycles. The van der Waals surface area contributed by atoms with E-state index in [1.807, 2.05) is 48.0 Å². The van der Waals surface area contributed by atoms with Gasteiger partial charge in [0, 0.05) is 18.2 Å². The third-order valence-corrected chi connectivity index (χ3v) is 4.52. The molecule has 1 fully saturated rings. The second-order valence-corrected chi connectivity index (χ2v) is 6.87. The Kier molecular flexibility index (Phi) is 5.45. The Balaban J connectivity index is 1.77. The molecule has 7 heteroatoms. The SMILES string of the molecule is C=CCn1c(-c2ccccc2)nn(C[NH+](C)CC(=O)NC2CC2)c1=S. The van der Waals surface area contributed by atoms with Crippen LogP contribution in [0.2, 0.25) is 0 Å². The molecular weight excluding hydrogens is 334 g/mol.